The molecule has 1 fully saturated rings. The number of thioether (sulfide) groups is 1. The molecule has 2 amide bonds. The van der Waals surface area contributed by atoms with Gasteiger partial charge in [-0.2, -0.15) is 0 Å². The van der Waals surface area contributed by atoms with Gasteiger partial charge in [0.15, 0.2) is 0 Å². The minimum absolute atomic E-state index is 0.102. The molecule has 1 aromatic heterocycles. The Morgan fingerprint density at radius 3 is 2.73 bits per heavy atom. The Hall–Kier alpha value is -2.77. The molecule has 8 heteroatoms. The molecule has 6 nitrogen and oxygen atoms in total. The van der Waals surface area contributed by atoms with Crippen LogP contribution >= 0.6 is 23.4 Å². The van der Waals surface area contributed by atoms with E-state index in [0.717, 1.165) is 23.7 Å². The normalized spacial score (nSPS) is 13.1. The van der Waals surface area contributed by atoms with Crippen LogP contribution in [-0.2, 0) is 4.79 Å². The smallest absolute Gasteiger partial charge is 0.252 e. The Balaban J connectivity index is 1.47. The maximum absolute atomic E-state index is 12.7. The average Bonchev–Trinajstić information content (AvgIpc) is 3.55. The number of para-hydroxylation sites is 1. The van der Waals surface area contributed by atoms with Crippen molar-refractivity contribution in [1.82, 2.24) is 10.3 Å². The van der Waals surface area contributed by atoms with Crippen LogP contribution in [0, 0.1) is 0 Å². The van der Waals surface area contributed by atoms with Gasteiger partial charge in [-0.1, -0.05) is 41.6 Å². The Morgan fingerprint density at radius 1 is 1.20 bits per heavy atom. The Kier molecular flexibility index (Phi) is 6.11. The summed E-state index contributed by atoms with van der Waals surface area (Å²) in [6.07, 6.45) is 2.04. The van der Waals surface area contributed by atoms with Gasteiger partial charge in [0.05, 0.1) is 34.0 Å². The fourth-order valence-electron chi connectivity index (χ4n) is 2.98. The Morgan fingerprint density at radius 2 is 2.00 bits per heavy atom. The number of carbonyl (C=O) groups is 2. The molecule has 0 atom stereocenters. The number of carbonyl (C=O) groups excluding carboxylic acids is 2. The van der Waals surface area contributed by atoms with Crippen LogP contribution in [0.2, 0.25) is 5.02 Å². The molecule has 0 radical (unpaired) electrons. The molecule has 4 rings (SSSR count). The standard InChI is InChI=1S/C22H20ClN3O3S/c1-29-19-9-8-14(10-17(19)23)24-20(27)12-30-21-11-16(22(28)25-13-6-7-13)15-4-2-3-5-18(15)26-21/h2-5,8-11,13H,6-7,12H2,1H3,(H,24,27)(H,25,28). The Labute approximate surface area is 183 Å². The van der Waals surface area contributed by atoms with Crippen molar-refractivity contribution in [2.45, 2.75) is 23.9 Å². The van der Waals surface area contributed by atoms with E-state index < -0.39 is 0 Å². The van der Waals surface area contributed by atoms with Gasteiger partial charge in [0, 0.05) is 17.1 Å². The SMILES string of the molecule is COc1ccc(NC(=O)CSc2cc(C(=O)NC3CC3)c3ccccc3n2)cc1Cl. The number of fused-ring (bicyclic) bond motifs is 1. The summed E-state index contributed by atoms with van der Waals surface area (Å²) in [6, 6.07) is 14.6. The monoisotopic (exact) mass is 441 g/mol. The lowest BCUT2D eigenvalue weighted by atomic mass is 10.1. The topological polar surface area (TPSA) is 80.3 Å². The van der Waals surface area contributed by atoms with Crippen molar-refractivity contribution < 1.29 is 14.3 Å². The molecule has 0 spiro atoms. The van der Waals surface area contributed by atoms with Gasteiger partial charge in [0.25, 0.3) is 5.91 Å². The van der Waals surface area contributed by atoms with Crippen molar-refractivity contribution in [1.29, 1.82) is 0 Å². The number of anilines is 1. The van der Waals surface area contributed by atoms with Gasteiger partial charge in [0.2, 0.25) is 5.91 Å². The number of benzene rings is 2. The van der Waals surface area contributed by atoms with Gasteiger partial charge in [-0.15, -0.1) is 0 Å². The number of amides is 2. The predicted molar refractivity (Wildman–Crippen MR) is 120 cm³/mol. The van der Waals surface area contributed by atoms with Gasteiger partial charge < -0.3 is 15.4 Å². The van der Waals surface area contributed by atoms with E-state index in [1.807, 2.05) is 24.3 Å². The number of ether oxygens (including phenoxy) is 1. The van der Waals surface area contributed by atoms with Crippen LogP contribution in [0.15, 0.2) is 53.6 Å². The summed E-state index contributed by atoms with van der Waals surface area (Å²) in [5.74, 6) is 0.399. The van der Waals surface area contributed by atoms with Gasteiger partial charge in [-0.05, 0) is 43.2 Å². The number of halogens is 1. The number of aromatic nitrogens is 1. The highest BCUT2D eigenvalue weighted by Crippen LogP contribution is 2.28. The van der Waals surface area contributed by atoms with Crippen molar-refractivity contribution >= 4 is 51.8 Å². The summed E-state index contributed by atoms with van der Waals surface area (Å²) in [7, 11) is 1.53. The van der Waals surface area contributed by atoms with E-state index in [4.69, 9.17) is 16.3 Å². The minimum atomic E-state index is -0.194. The van der Waals surface area contributed by atoms with E-state index in [1.54, 1.807) is 24.3 Å². The minimum Gasteiger partial charge on any atom is -0.495 e. The number of methoxy groups -OCH3 is 1. The Bertz CT molecular complexity index is 1120. The first-order valence-electron chi connectivity index (χ1n) is 9.50. The van der Waals surface area contributed by atoms with Gasteiger partial charge in [-0.3, -0.25) is 9.59 Å². The van der Waals surface area contributed by atoms with Crippen molar-refractivity contribution in [3.05, 3.63) is 59.1 Å². The third-order valence-corrected chi connectivity index (χ3v) is 5.84. The molecule has 0 bridgehead atoms. The number of nitrogens with zero attached hydrogens (tertiary/aromatic N) is 1. The molecule has 2 aromatic carbocycles. The first-order valence-corrected chi connectivity index (χ1v) is 10.9. The highest BCUT2D eigenvalue weighted by Gasteiger charge is 2.25. The number of hydrogen-bond donors (Lipinski definition) is 2. The number of pyridine rings is 1. The fraction of sp³-hybridized carbons (Fsp3) is 0.227. The second kappa shape index (κ2) is 8.93. The third-order valence-electron chi connectivity index (χ3n) is 4.64. The summed E-state index contributed by atoms with van der Waals surface area (Å²) in [5.41, 5.74) is 1.89. The maximum atomic E-state index is 12.7. The number of hydrogen-bond acceptors (Lipinski definition) is 5. The molecule has 1 saturated carbocycles. The molecule has 0 saturated heterocycles. The maximum Gasteiger partial charge on any atom is 0.252 e. The van der Waals surface area contributed by atoms with E-state index in [-0.39, 0.29) is 23.6 Å². The lowest BCUT2D eigenvalue weighted by Crippen LogP contribution is -2.25. The van der Waals surface area contributed by atoms with Crippen LogP contribution < -0.4 is 15.4 Å². The van der Waals surface area contributed by atoms with Crippen molar-refractivity contribution in [2.24, 2.45) is 0 Å². The summed E-state index contributed by atoms with van der Waals surface area (Å²) in [6.45, 7) is 0. The van der Waals surface area contributed by atoms with E-state index >= 15 is 0 Å². The summed E-state index contributed by atoms with van der Waals surface area (Å²) in [5, 5.41) is 7.68. The molecular weight excluding hydrogens is 422 g/mol. The predicted octanol–water partition coefficient (Wildman–Crippen LogP) is 4.52. The van der Waals surface area contributed by atoms with Gasteiger partial charge in [0.1, 0.15) is 5.75 Å². The van der Waals surface area contributed by atoms with Crippen LogP contribution in [0.25, 0.3) is 10.9 Å². The van der Waals surface area contributed by atoms with Crippen molar-refractivity contribution in [2.75, 3.05) is 18.2 Å². The van der Waals surface area contributed by atoms with Crippen LogP contribution in [0.5, 0.6) is 5.75 Å². The largest absolute Gasteiger partial charge is 0.495 e. The average molecular weight is 442 g/mol. The van der Waals surface area contributed by atoms with Crippen LogP contribution in [0.4, 0.5) is 5.69 Å². The number of rotatable bonds is 7. The highest BCUT2D eigenvalue weighted by atomic mass is 35.5. The van der Waals surface area contributed by atoms with Gasteiger partial charge >= 0.3 is 0 Å². The molecule has 3 aromatic rings. The zero-order valence-corrected chi connectivity index (χ0v) is 17.8. The summed E-state index contributed by atoms with van der Waals surface area (Å²) >= 11 is 7.38. The lowest BCUT2D eigenvalue weighted by Gasteiger charge is -2.10. The first kappa shape index (κ1) is 20.5. The third kappa shape index (κ3) is 4.86. The van der Waals surface area contributed by atoms with E-state index in [1.165, 1.54) is 18.9 Å². The summed E-state index contributed by atoms with van der Waals surface area (Å²) in [4.78, 5) is 29.6. The molecule has 154 valence electrons. The first-order chi connectivity index (χ1) is 14.5. The summed E-state index contributed by atoms with van der Waals surface area (Å²) < 4.78 is 5.11. The highest BCUT2D eigenvalue weighted by molar-refractivity contribution is 7.99. The van der Waals surface area contributed by atoms with Crippen LogP contribution in [-0.4, -0.2) is 35.7 Å². The molecule has 1 aliphatic rings. The zero-order chi connectivity index (χ0) is 21.1. The lowest BCUT2D eigenvalue weighted by molar-refractivity contribution is -0.113. The van der Waals surface area contributed by atoms with E-state index in [2.05, 4.69) is 15.6 Å². The molecule has 0 aliphatic heterocycles. The molecular formula is C22H20ClN3O3S. The van der Waals surface area contributed by atoms with E-state index in [9.17, 15) is 9.59 Å². The molecule has 2 N–H and O–H groups in total. The van der Waals surface area contributed by atoms with Crippen LogP contribution in [0.1, 0.15) is 23.2 Å². The second-order valence-corrected chi connectivity index (χ2v) is 8.36. The van der Waals surface area contributed by atoms with Crippen molar-refractivity contribution in [3.8, 4) is 5.75 Å². The number of nitrogens with one attached hydrogen (secondary N) is 2. The quantitative estimate of drug-likeness (QED) is 0.527. The van der Waals surface area contributed by atoms with E-state index in [0.29, 0.717) is 27.0 Å². The molecule has 1 aliphatic carbocycles. The van der Waals surface area contributed by atoms with Gasteiger partial charge in [-0.25, -0.2) is 4.98 Å². The van der Waals surface area contributed by atoms with Crippen molar-refractivity contribution in [3.63, 3.8) is 0 Å². The molecule has 1 heterocycles. The molecule has 0 unspecified atom stereocenters. The zero-order valence-electron chi connectivity index (χ0n) is 16.3. The second-order valence-electron chi connectivity index (χ2n) is 6.96. The van der Waals surface area contributed by atoms with Crippen LogP contribution in [0.3, 0.4) is 0 Å². The molecule has 30 heavy (non-hydrogen) atoms. The fourth-order valence-corrected chi connectivity index (χ4v) is 3.96.